The van der Waals surface area contributed by atoms with Gasteiger partial charge < -0.3 is 0 Å². The molecular weight excluding hydrogens is 235 g/mol. The molecular formula is C9H9FN2O3S. The first kappa shape index (κ1) is 12.6. The molecule has 0 amide bonds. The summed E-state index contributed by atoms with van der Waals surface area (Å²) in [5.41, 5.74) is -0.533. The molecule has 0 saturated heterocycles. The van der Waals surface area contributed by atoms with E-state index in [9.17, 15) is 12.8 Å². The second-order valence-corrected chi connectivity index (χ2v) is 4.36. The van der Waals surface area contributed by atoms with Crippen molar-refractivity contribution in [3.05, 3.63) is 29.6 Å². The summed E-state index contributed by atoms with van der Waals surface area (Å²) < 4.78 is 36.3. The molecule has 0 heterocycles. The maximum absolute atomic E-state index is 13.1. The van der Waals surface area contributed by atoms with E-state index in [0.29, 0.717) is 0 Å². The first-order valence-electron chi connectivity index (χ1n) is 4.35. The number of rotatable bonds is 4. The molecule has 0 saturated carbocycles. The highest BCUT2D eigenvalue weighted by atomic mass is 32.2. The van der Waals surface area contributed by atoms with Crippen LogP contribution in [0.15, 0.2) is 23.1 Å². The first-order valence-corrected chi connectivity index (χ1v) is 5.83. The van der Waals surface area contributed by atoms with Crippen molar-refractivity contribution >= 4 is 10.0 Å². The number of hydrogen-bond donors (Lipinski definition) is 1. The lowest BCUT2D eigenvalue weighted by molar-refractivity contribution is 0.105. The Morgan fingerprint density at radius 1 is 1.56 bits per heavy atom. The summed E-state index contributed by atoms with van der Waals surface area (Å²) in [5.74, 6) is -0.887. The molecule has 16 heavy (non-hydrogen) atoms. The lowest BCUT2D eigenvalue weighted by atomic mass is 10.2. The van der Waals surface area contributed by atoms with E-state index in [-0.39, 0.29) is 6.61 Å². The van der Waals surface area contributed by atoms with Gasteiger partial charge in [-0.05, 0) is 19.1 Å². The van der Waals surface area contributed by atoms with Gasteiger partial charge in [0.15, 0.2) is 0 Å². The quantitative estimate of drug-likeness (QED) is 0.799. The lowest BCUT2D eigenvalue weighted by Crippen LogP contribution is -2.25. The lowest BCUT2D eigenvalue weighted by Gasteiger charge is -2.07. The predicted octanol–water partition coefficient (Wildman–Crippen LogP) is 0.927. The maximum atomic E-state index is 13.1. The van der Waals surface area contributed by atoms with Crippen LogP contribution in [0.1, 0.15) is 12.5 Å². The highest BCUT2D eigenvalue weighted by Crippen LogP contribution is 2.17. The van der Waals surface area contributed by atoms with E-state index in [1.807, 2.05) is 0 Å². The SMILES string of the molecule is CCONS(=O)(=O)c1cccc(F)c1C#N. The van der Waals surface area contributed by atoms with Gasteiger partial charge in [0.1, 0.15) is 22.3 Å². The van der Waals surface area contributed by atoms with E-state index in [1.54, 1.807) is 11.8 Å². The van der Waals surface area contributed by atoms with Crippen molar-refractivity contribution in [2.75, 3.05) is 6.61 Å². The van der Waals surface area contributed by atoms with Crippen molar-refractivity contribution in [2.45, 2.75) is 11.8 Å². The fourth-order valence-corrected chi connectivity index (χ4v) is 2.05. The van der Waals surface area contributed by atoms with E-state index in [2.05, 4.69) is 4.84 Å². The molecule has 1 aromatic rings. The largest absolute Gasteiger partial charge is 0.287 e. The van der Waals surface area contributed by atoms with Crippen LogP contribution >= 0.6 is 0 Å². The van der Waals surface area contributed by atoms with Gasteiger partial charge in [0.05, 0.1) is 6.61 Å². The fraction of sp³-hybridized carbons (Fsp3) is 0.222. The zero-order valence-corrected chi connectivity index (χ0v) is 9.21. The number of nitrogens with one attached hydrogen (secondary N) is 1. The topological polar surface area (TPSA) is 79.2 Å². The van der Waals surface area contributed by atoms with E-state index in [1.165, 1.54) is 12.1 Å². The number of nitrogens with zero attached hydrogens (tertiary/aromatic N) is 1. The van der Waals surface area contributed by atoms with Gasteiger partial charge in [-0.1, -0.05) is 11.0 Å². The summed E-state index contributed by atoms with van der Waals surface area (Å²) >= 11 is 0. The molecule has 0 spiro atoms. The summed E-state index contributed by atoms with van der Waals surface area (Å²) in [4.78, 5) is 5.86. The molecule has 0 aliphatic heterocycles. The second kappa shape index (κ2) is 5.03. The Hall–Kier alpha value is -1.49. The molecule has 0 aromatic heterocycles. The van der Waals surface area contributed by atoms with Crippen LogP contribution in [-0.2, 0) is 14.9 Å². The highest BCUT2D eigenvalue weighted by molar-refractivity contribution is 7.89. The molecule has 5 nitrogen and oxygen atoms in total. The van der Waals surface area contributed by atoms with Crippen LogP contribution in [0.25, 0.3) is 0 Å². The molecule has 0 atom stereocenters. The maximum Gasteiger partial charge on any atom is 0.263 e. The average molecular weight is 244 g/mol. The monoisotopic (exact) mass is 244 g/mol. The average Bonchev–Trinajstić information content (AvgIpc) is 2.26. The third-order valence-corrected chi connectivity index (χ3v) is 2.95. The van der Waals surface area contributed by atoms with Gasteiger partial charge in [-0.15, -0.1) is 0 Å². The standard InChI is InChI=1S/C9H9FN2O3S/c1-2-15-12-16(13,14)9-5-3-4-8(10)7(9)6-11/h3-5,12H,2H2,1H3. The number of benzene rings is 1. The van der Waals surface area contributed by atoms with Crippen molar-refractivity contribution in [3.8, 4) is 6.07 Å². The summed E-state index contributed by atoms with van der Waals surface area (Å²) in [6.07, 6.45) is 0. The molecule has 0 aliphatic rings. The number of nitriles is 1. The fourth-order valence-electron chi connectivity index (χ4n) is 1.02. The Balaban J connectivity index is 3.24. The van der Waals surface area contributed by atoms with Gasteiger partial charge in [0.25, 0.3) is 10.0 Å². The molecule has 7 heteroatoms. The van der Waals surface area contributed by atoms with Gasteiger partial charge in [-0.25, -0.2) is 12.8 Å². The summed E-state index contributed by atoms with van der Waals surface area (Å²) in [7, 11) is -4.02. The molecule has 1 rings (SSSR count). The molecule has 86 valence electrons. The predicted molar refractivity (Wildman–Crippen MR) is 53.1 cm³/mol. The normalized spacial score (nSPS) is 11.1. The van der Waals surface area contributed by atoms with Gasteiger partial charge in [-0.2, -0.15) is 5.26 Å². The van der Waals surface area contributed by atoms with Crippen LogP contribution in [0, 0.1) is 17.1 Å². The van der Waals surface area contributed by atoms with Crippen LogP contribution in [0.3, 0.4) is 0 Å². The zero-order valence-electron chi connectivity index (χ0n) is 8.40. The van der Waals surface area contributed by atoms with Crippen molar-refractivity contribution in [1.29, 1.82) is 5.26 Å². The van der Waals surface area contributed by atoms with Crippen LogP contribution < -0.4 is 4.89 Å². The molecule has 0 aliphatic carbocycles. The minimum absolute atomic E-state index is 0.121. The number of hydrogen-bond acceptors (Lipinski definition) is 4. The minimum atomic E-state index is -4.02. The summed E-state index contributed by atoms with van der Waals surface area (Å²) in [6, 6.07) is 4.84. The molecule has 1 N–H and O–H groups in total. The van der Waals surface area contributed by atoms with Gasteiger partial charge in [-0.3, -0.25) is 4.84 Å². The Bertz CT molecular complexity index is 522. The van der Waals surface area contributed by atoms with E-state index in [0.717, 1.165) is 12.1 Å². The highest BCUT2D eigenvalue weighted by Gasteiger charge is 2.20. The number of sulfonamides is 1. The Labute approximate surface area is 92.5 Å². The summed E-state index contributed by atoms with van der Waals surface area (Å²) in [5, 5.41) is 8.66. The minimum Gasteiger partial charge on any atom is -0.287 e. The van der Waals surface area contributed by atoms with Crippen LogP contribution in [-0.4, -0.2) is 15.0 Å². The van der Waals surface area contributed by atoms with Crippen molar-refractivity contribution in [3.63, 3.8) is 0 Å². The molecule has 0 radical (unpaired) electrons. The van der Waals surface area contributed by atoms with Crippen molar-refractivity contribution < 1.29 is 17.6 Å². The summed E-state index contributed by atoms with van der Waals surface area (Å²) in [6.45, 7) is 1.70. The van der Waals surface area contributed by atoms with Gasteiger partial charge in [0, 0.05) is 0 Å². The number of halogens is 1. The third kappa shape index (κ3) is 2.55. The van der Waals surface area contributed by atoms with Gasteiger partial charge >= 0.3 is 0 Å². The first-order chi connectivity index (χ1) is 7.53. The third-order valence-electron chi connectivity index (χ3n) is 1.69. The zero-order chi connectivity index (χ0) is 12.2. The van der Waals surface area contributed by atoms with Crippen LogP contribution in [0.5, 0.6) is 0 Å². The second-order valence-electron chi connectivity index (χ2n) is 2.74. The van der Waals surface area contributed by atoms with Gasteiger partial charge in [0.2, 0.25) is 0 Å². The Morgan fingerprint density at radius 2 is 2.25 bits per heavy atom. The smallest absolute Gasteiger partial charge is 0.263 e. The van der Waals surface area contributed by atoms with Crippen LogP contribution in [0.2, 0.25) is 0 Å². The van der Waals surface area contributed by atoms with Crippen molar-refractivity contribution in [2.24, 2.45) is 0 Å². The van der Waals surface area contributed by atoms with E-state index < -0.39 is 26.3 Å². The van der Waals surface area contributed by atoms with E-state index >= 15 is 0 Å². The molecule has 1 aromatic carbocycles. The molecule has 0 unspecified atom stereocenters. The van der Waals surface area contributed by atoms with E-state index in [4.69, 9.17) is 5.26 Å². The Morgan fingerprint density at radius 3 is 2.81 bits per heavy atom. The molecule has 0 fully saturated rings. The Kier molecular flexibility index (Phi) is 3.95. The molecule has 0 bridgehead atoms. The van der Waals surface area contributed by atoms with Crippen LogP contribution in [0.4, 0.5) is 4.39 Å². The van der Waals surface area contributed by atoms with Crippen molar-refractivity contribution in [1.82, 2.24) is 4.89 Å².